The van der Waals surface area contributed by atoms with Crippen LogP contribution in [0.2, 0.25) is 0 Å². The first-order valence-corrected chi connectivity index (χ1v) is 10.6. The van der Waals surface area contributed by atoms with Crippen LogP contribution in [-0.2, 0) is 19.4 Å². The Labute approximate surface area is 184 Å². The van der Waals surface area contributed by atoms with Crippen LogP contribution in [0.3, 0.4) is 0 Å². The number of ether oxygens (including phenoxy) is 1. The lowest BCUT2D eigenvalue weighted by Gasteiger charge is -2.15. The van der Waals surface area contributed by atoms with Gasteiger partial charge in [-0.05, 0) is 67.1 Å². The molecule has 0 atom stereocenters. The molecule has 0 unspecified atom stereocenters. The maximum absolute atomic E-state index is 11.7. The van der Waals surface area contributed by atoms with Gasteiger partial charge >= 0.3 is 0 Å². The lowest BCUT2D eigenvalue weighted by molar-refractivity contribution is 0.101. The Kier molecular flexibility index (Phi) is 7.24. The van der Waals surface area contributed by atoms with Crippen LogP contribution < -0.4 is 4.74 Å². The predicted molar refractivity (Wildman–Crippen MR) is 125 cm³/mol. The van der Waals surface area contributed by atoms with E-state index in [1.165, 1.54) is 18.1 Å². The molecule has 0 saturated carbocycles. The number of phenols is 1. The zero-order valence-electron chi connectivity index (χ0n) is 18.4. The van der Waals surface area contributed by atoms with E-state index in [-0.39, 0.29) is 11.5 Å². The summed E-state index contributed by atoms with van der Waals surface area (Å²) in [4.78, 5) is 11.7. The van der Waals surface area contributed by atoms with E-state index in [1.807, 2.05) is 31.2 Å². The Hall–Kier alpha value is -3.40. The molecule has 0 aliphatic rings. The highest BCUT2D eigenvalue weighted by molar-refractivity contribution is 5.97. The summed E-state index contributed by atoms with van der Waals surface area (Å²) in [5.74, 6) is 0.496. The van der Waals surface area contributed by atoms with Gasteiger partial charge in [0.2, 0.25) is 0 Å². The summed E-state index contributed by atoms with van der Waals surface area (Å²) in [7, 11) is 0. The molecule has 0 amide bonds. The van der Waals surface area contributed by atoms with Crippen LogP contribution in [0.15, 0.2) is 60.7 Å². The van der Waals surface area contributed by atoms with Crippen LogP contribution in [-0.4, -0.2) is 16.6 Å². The molecule has 3 aromatic carbocycles. The van der Waals surface area contributed by atoms with Gasteiger partial charge in [0.25, 0.3) is 0 Å². The van der Waals surface area contributed by atoms with E-state index >= 15 is 0 Å². The monoisotopic (exact) mass is 415 g/mol. The van der Waals surface area contributed by atoms with Crippen molar-refractivity contribution in [3.8, 4) is 11.5 Å². The van der Waals surface area contributed by atoms with Gasteiger partial charge in [0, 0.05) is 11.3 Å². The molecule has 31 heavy (non-hydrogen) atoms. The van der Waals surface area contributed by atoms with E-state index < -0.39 is 0 Å². The highest BCUT2D eigenvalue weighted by Gasteiger charge is 2.16. The van der Waals surface area contributed by atoms with E-state index in [4.69, 9.17) is 10.1 Å². The van der Waals surface area contributed by atoms with E-state index in [0.717, 1.165) is 24.0 Å². The summed E-state index contributed by atoms with van der Waals surface area (Å²) in [6.45, 7) is 5.67. The number of nitrogens with one attached hydrogen (secondary N) is 1. The molecule has 160 valence electrons. The average molecular weight is 416 g/mol. The largest absolute Gasteiger partial charge is 0.507 e. The van der Waals surface area contributed by atoms with Crippen molar-refractivity contribution in [1.29, 1.82) is 5.41 Å². The minimum atomic E-state index is -0.154. The second-order valence-corrected chi connectivity index (χ2v) is 7.85. The Balaban J connectivity index is 1.69. The highest BCUT2D eigenvalue weighted by atomic mass is 16.5. The topological polar surface area (TPSA) is 70.4 Å². The number of Topliss-reactive ketones (excluding diaryl/α,β-unsaturated/α-hetero) is 1. The summed E-state index contributed by atoms with van der Waals surface area (Å²) in [6, 6.07) is 19.8. The number of rotatable bonds is 9. The van der Waals surface area contributed by atoms with Gasteiger partial charge < -0.3 is 15.3 Å². The maximum atomic E-state index is 11.7. The number of aromatic hydroxyl groups is 1. The van der Waals surface area contributed by atoms with Crippen LogP contribution in [0.5, 0.6) is 11.5 Å². The van der Waals surface area contributed by atoms with Gasteiger partial charge in [-0.2, -0.15) is 0 Å². The number of hydrogen-bond donors (Lipinski definition) is 2. The molecule has 0 saturated heterocycles. The zero-order valence-corrected chi connectivity index (χ0v) is 18.4. The molecule has 0 spiro atoms. The molecule has 0 bridgehead atoms. The molecule has 3 aromatic rings. The smallest absolute Gasteiger partial charge is 0.163 e. The summed E-state index contributed by atoms with van der Waals surface area (Å²) in [5.41, 5.74) is 5.95. The van der Waals surface area contributed by atoms with Crippen molar-refractivity contribution in [3.63, 3.8) is 0 Å². The number of carbonyl (C=O) groups excluding carboxylic acids is 1. The van der Waals surface area contributed by atoms with Crippen molar-refractivity contribution in [2.45, 2.75) is 46.6 Å². The molecule has 0 heterocycles. The number of benzene rings is 3. The second-order valence-electron chi connectivity index (χ2n) is 7.85. The first-order valence-electron chi connectivity index (χ1n) is 10.6. The first kappa shape index (κ1) is 22.3. The van der Waals surface area contributed by atoms with Crippen molar-refractivity contribution in [3.05, 3.63) is 94.0 Å². The van der Waals surface area contributed by atoms with Crippen LogP contribution in [0.1, 0.15) is 65.4 Å². The summed E-state index contributed by atoms with van der Waals surface area (Å²) in [5, 5.41) is 18.3. The first-order chi connectivity index (χ1) is 14.9. The lowest BCUT2D eigenvalue weighted by Crippen LogP contribution is -2.02. The third-order valence-electron chi connectivity index (χ3n) is 5.30. The highest BCUT2D eigenvalue weighted by Crippen LogP contribution is 2.33. The van der Waals surface area contributed by atoms with Gasteiger partial charge in [0.15, 0.2) is 5.78 Å². The normalized spacial score (nSPS) is 10.7. The summed E-state index contributed by atoms with van der Waals surface area (Å²) in [6.07, 6.45) is 2.30. The number of carbonyl (C=O) groups is 1. The Bertz CT molecular complexity index is 1080. The predicted octanol–water partition coefficient (Wildman–Crippen LogP) is 6.10. The van der Waals surface area contributed by atoms with E-state index in [2.05, 4.69) is 24.3 Å². The Morgan fingerprint density at radius 2 is 1.68 bits per heavy atom. The zero-order chi connectivity index (χ0) is 22.4. The molecule has 0 radical (unpaired) electrons. The maximum Gasteiger partial charge on any atom is 0.163 e. The molecule has 0 aliphatic heterocycles. The van der Waals surface area contributed by atoms with Gasteiger partial charge in [-0.15, -0.1) is 0 Å². The average Bonchev–Trinajstić information content (AvgIpc) is 2.75. The quantitative estimate of drug-likeness (QED) is 0.327. The van der Waals surface area contributed by atoms with Gasteiger partial charge in [-0.1, -0.05) is 55.8 Å². The summed E-state index contributed by atoms with van der Waals surface area (Å²) >= 11 is 0. The van der Waals surface area contributed by atoms with E-state index in [1.54, 1.807) is 19.1 Å². The van der Waals surface area contributed by atoms with Crippen LogP contribution in [0.25, 0.3) is 0 Å². The molecule has 0 fully saturated rings. The molecule has 0 aromatic heterocycles. The Morgan fingerprint density at radius 3 is 2.32 bits per heavy atom. The molecule has 2 N–H and O–H groups in total. The van der Waals surface area contributed by atoms with Crippen molar-refractivity contribution < 1.29 is 14.6 Å². The third kappa shape index (κ3) is 5.60. The fourth-order valence-electron chi connectivity index (χ4n) is 3.59. The molecular weight excluding hydrogens is 386 g/mol. The van der Waals surface area contributed by atoms with Gasteiger partial charge in [-0.3, -0.25) is 4.79 Å². The molecule has 0 aliphatic carbocycles. The van der Waals surface area contributed by atoms with Crippen LogP contribution in [0.4, 0.5) is 0 Å². The second kappa shape index (κ2) is 10.1. The molecular formula is C27H29NO3. The van der Waals surface area contributed by atoms with Gasteiger partial charge in [0.05, 0.1) is 5.56 Å². The van der Waals surface area contributed by atoms with Crippen LogP contribution in [0, 0.1) is 5.41 Å². The number of phenolic OH excluding ortho intramolecular Hbond substituents is 1. The standard InChI is InChI=1S/C27H29NO3/c1-4-6-25-26(14-13-24(19(3)29)27(25)30)31-17-21-11-9-20(10-12-21)15-22-7-5-8-23(16-22)18(2)28/h5,7-14,16,28,30H,4,6,15,17H2,1-3H3. The van der Waals surface area contributed by atoms with Crippen LogP contribution >= 0.6 is 0 Å². The number of ketones is 1. The third-order valence-corrected chi connectivity index (χ3v) is 5.30. The minimum absolute atomic E-state index is 0.0320. The fourth-order valence-corrected chi connectivity index (χ4v) is 3.59. The van der Waals surface area contributed by atoms with Crippen molar-refractivity contribution in [1.82, 2.24) is 0 Å². The van der Waals surface area contributed by atoms with Crippen molar-refractivity contribution in [2.24, 2.45) is 0 Å². The SMILES string of the molecule is CCCc1c(OCc2ccc(Cc3cccc(C(C)=N)c3)cc2)ccc(C(C)=O)c1O. The van der Waals surface area contributed by atoms with E-state index in [0.29, 0.717) is 35.6 Å². The number of hydrogen-bond acceptors (Lipinski definition) is 4. The van der Waals surface area contributed by atoms with Crippen molar-refractivity contribution in [2.75, 3.05) is 0 Å². The molecule has 4 nitrogen and oxygen atoms in total. The van der Waals surface area contributed by atoms with Gasteiger partial charge in [0.1, 0.15) is 18.1 Å². The fraction of sp³-hybridized carbons (Fsp3) is 0.259. The lowest BCUT2D eigenvalue weighted by atomic mass is 10.0. The summed E-state index contributed by atoms with van der Waals surface area (Å²) < 4.78 is 6.00. The van der Waals surface area contributed by atoms with Gasteiger partial charge in [-0.25, -0.2) is 0 Å². The minimum Gasteiger partial charge on any atom is -0.507 e. The Morgan fingerprint density at radius 1 is 0.968 bits per heavy atom. The van der Waals surface area contributed by atoms with E-state index in [9.17, 15) is 9.90 Å². The van der Waals surface area contributed by atoms with Crippen molar-refractivity contribution >= 4 is 11.5 Å². The molecule has 3 rings (SSSR count). The molecule has 4 heteroatoms.